The maximum absolute atomic E-state index is 4.45. The van der Waals surface area contributed by atoms with E-state index in [1.807, 2.05) is 16.9 Å². The van der Waals surface area contributed by atoms with Crippen LogP contribution in [0.3, 0.4) is 0 Å². The molecule has 0 fully saturated rings. The van der Waals surface area contributed by atoms with Gasteiger partial charge in [0.1, 0.15) is 0 Å². The Kier molecular flexibility index (Phi) is 1.71. The third kappa shape index (κ3) is 1.20. The van der Waals surface area contributed by atoms with Crippen LogP contribution in [-0.4, -0.2) is 19.7 Å². The van der Waals surface area contributed by atoms with Gasteiger partial charge >= 0.3 is 0 Å². The molecule has 0 saturated carbocycles. The lowest BCUT2D eigenvalue weighted by molar-refractivity contribution is 0.772. The minimum absolute atomic E-state index is 0.714. The molecule has 0 spiro atoms. The molecule has 0 bridgehead atoms. The fraction of sp³-hybridized carbons (Fsp3) is 0.300. The van der Waals surface area contributed by atoms with Crippen LogP contribution in [0.4, 0.5) is 5.69 Å². The Labute approximate surface area is 87.2 Å². The molecule has 5 nitrogen and oxygen atoms in total. The SMILES string of the molecule is CCc1nc2n(n1)-c1ccncc1NC2. The summed E-state index contributed by atoms with van der Waals surface area (Å²) >= 11 is 0. The molecule has 0 aromatic carbocycles. The van der Waals surface area contributed by atoms with Crippen LogP contribution < -0.4 is 5.32 Å². The van der Waals surface area contributed by atoms with Gasteiger partial charge in [0.2, 0.25) is 0 Å². The number of nitrogens with zero attached hydrogens (tertiary/aromatic N) is 4. The lowest BCUT2D eigenvalue weighted by Gasteiger charge is -2.17. The van der Waals surface area contributed by atoms with E-state index in [1.165, 1.54) is 0 Å². The molecule has 1 N–H and O–H groups in total. The van der Waals surface area contributed by atoms with Crippen LogP contribution in [0.2, 0.25) is 0 Å². The van der Waals surface area contributed by atoms with Crippen molar-refractivity contribution in [2.75, 3.05) is 5.32 Å². The molecule has 1 aliphatic rings. The summed E-state index contributed by atoms with van der Waals surface area (Å²) in [6.45, 7) is 2.77. The first kappa shape index (κ1) is 8.40. The van der Waals surface area contributed by atoms with Gasteiger partial charge in [-0.25, -0.2) is 9.67 Å². The number of nitrogens with one attached hydrogen (secondary N) is 1. The highest BCUT2D eigenvalue weighted by molar-refractivity contribution is 5.61. The van der Waals surface area contributed by atoms with Gasteiger partial charge in [0.25, 0.3) is 0 Å². The largest absolute Gasteiger partial charge is 0.375 e. The normalized spacial score (nSPS) is 12.9. The van der Waals surface area contributed by atoms with E-state index in [2.05, 4.69) is 27.3 Å². The van der Waals surface area contributed by atoms with Gasteiger partial charge in [-0.1, -0.05) is 6.92 Å². The van der Waals surface area contributed by atoms with Gasteiger partial charge in [-0.05, 0) is 6.07 Å². The van der Waals surface area contributed by atoms with Gasteiger partial charge in [0.05, 0.1) is 24.1 Å². The van der Waals surface area contributed by atoms with Crippen molar-refractivity contribution in [1.29, 1.82) is 0 Å². The van der Waals surface area contributed by atoms with Crippen LogP contribution in [0, 0.1) is 0 Å². The Morgan fingerprint density at radius 2 is 2.47 bits per heavy atom. The van der Waals surface area contributed by atoms with E-state index in [0.717, 1.165) is 29.4 Å². The summed E-state index contributed by atoms with van der Waals surface area (Å²) in [6, 6.07) is 1.94. The third-order valence-corrected chi connectivity index (χ3v) is 2.50. The number of hydrogen-bond acceptors (Lipinski definition) is 4. The molecular formula is C10H11N5. The van der Waals surface area contributed by atoms with Crippen LogP contribution in [0.5, 0.6) is 0 Å². The topological polar surface area (TPSA) is 55.6 Å². The van der Waals surface area contributed by atoms with Gasteiger partial charge in [0, 0.05) is 12.6 Å². The molecule has 0 unspecified atom stereocenters. The number of aromatic nitrogens is 4. The lowest BCUT2D eigenvalue weighted by Crippen LogP contribution is -2.16. The van der Waals surface area contributed by atoms with Crippen LogP contribution in [0.1, 0.15) is 18.6 Å². The van der Waals surface area contributed by atoms with E-state index in [1.54, 1.807) is 6.20 Å². The molecule has 0 atom stereocenters. The van der Waals surface area contributed by atoms with Gasteiger partial charge in [-0.2, -0.15) is 5.10 Å². The van der Waals surface area contributed by atoms with E-state index in [4.69, 9.17) is 0 Å². The summed E-state index contributed by atoms with van der Waals surface area (Å²) in [5.74, 6) is 1.85. The van der Waals surface area contributed by atoms with Gasteiger partial charge in [0.15, 0.2) is 11.6 Å². The Hall–Kier alpha value is -1.91. The van der Waals surface area contributed by atoms with Crippen molar-refractivity contribution in [1.82, 2.24) is 19.7 Å². The second-order valence-electron chi connectivity index (χ2n) is 3.46. The van der Waals surface area contributed by atoms with Crippen LogP contribution >= 0.6 is 0 Å². The minimum atomic E-state index is 0.714. The van der Waals surface area contributed by atoms with E-state index >= 15 is 0 Å². The molecule has 1 aliphatic heterocycles. The summed E-state index contributed by atoms with van der Waals surface area (Å²) in [7, 11) is 0. The smallest absolute Gasteiger partial charge is 0.151 e. The van der Waals surface area contributed by atoms with Crippen molar-refractivity contribution in [3.8, 4) is 5.69 Å². The van der Waals surface area contributed by atoms with Gasteiger partial charge in [-0.3, -0.25) is 4.98 Å². The van der Waals surface area contributed by atoms with E-state index in [-0.39, 0.29) is 0 Å². The Morgan fingerprint density at radius 1 is 1.53 bits per heavy atom. The summed E-state index contributed by atoms with van der Waals surface area (Å²) in [5.41, 5.74) is 2.04. The molecule has 15 heavy (non-hydrogen) atoms. The first-order chi connectivity index (χ1) is 7.38. The predicted molar refractivity (Wildman–Crippen MR) is 55.9 cm³/mol. The average molecular weight is 201 g/mol. The van der Waals surface area contributed by atoms with Crippen LogP contribution in [-0.2, 0) is 13.0 Å². The monoisotopic (exact) mass is 201 g/mol. The van der Waals surface area contributed by atoms with Crippen molar-refractivity contribution in [2.45, 2.75) is 19.9 Å². The number of aryl methyl sites for hydroxylation is 1. The Morgan fingerprint density at radius 3 is 3.33 bits per heavy atom. The fourth-order valence-electron chi connectivity index (χ4n) is 1.73. The highest BCUT2D eigenvalue weighted by Gasteiger charge is 2.18. The first-order valence-electron chi connectivity index (χ1n) is 5.01. The minimum Gasteiger partial charge on any atom is -0.375 e. The highest BCUT2D eigenvalue weighted by Crippen LogP contribution is 2.24. The van der Waals surface area contributed by atoms with E-state index < -0.39 is 0 Å². The molecule has 0 saturated heterocycles. The summed E-state index contributed by atoms with van der Waals surface area (Å²) in [4.78, 5) is 8.51. The van der Waals surface area contributed by atoms with Crippen LogP contribution in [0.15, 0.2) is 18.5 Å². The number of pyridine rings is 1. The van der Waals surface area contributed by atoms with Crippen LogP contribution in [0.25, 0.3) is 5.69 Å². The van der Waals surface area contributed by atoms with Crippen molar-refractivity contribution in [2.24, 2.45) is 0 Å². The molecule has 3 heterocycles. The number of fused-ring (bicyclic) bond motifs is 3. The van der Waals surface area contributed by atoms with Gasteiger partial charge < -0.3 is 5.32 Å². The molecule has 2 aromatic rings. The maximum Gasteiger partial charge on any atom is 0.151 e. The molecule has 3 rings (SSSR count). The first-order valence-corrected chi connectivity index (χ1v) is 5.01. The lowest BCUT2D eigenvalue weighted by atomic mass is 10.3. The summed E-state index contributed by atoms with van der Waals surface area (Å²) in [5, 5.41) is 7.72. The molecule has 0 aliphatic carbocycles. The molecule has 0 amide bonds. The standard InChI is InChI=1S/C10H11N5/c1-2-9-13-10-6-12-7-5-11-4-3-8(7)15(10)14-9/h3-5,12H,2,6H2,1H3. The number of hydrogen-bond donors (Lipinski definition) is 1. The van der Waals surface area contributed by atoms with Crippen molar-refractivity contribution in [3.05, 3.63) is 30.1 Å². The van der Waals surface area contributed by atoms with Gasteiger partial charge in [-0.15, -0.1) is 0 Å². The average Bonchev–Trinajstić information content (AvgIpc) is 2.72. The molecule has 5 heteroatoms. The Bertz CT molecular complexity index is 502. The fourth-order valence-corrected chi connectivity index (χ4v) is 1.73. The Balaban J connectivity index is 2.20. The number of rotatable bonds is 1. The second-order valence-corrected chi connectivity index (χ2v) is 3.46. The summed E-state index contributed by atoms with van der Waals surface area (Å²) in [6.07, 6.45) is 4.44. The van der Waals surface area contributed by atoms with E-state index in [9.17, 15) is 0 Å². The molecule has 0 radical (unpaired) electrons. The zero-order chi connectivity index (χ0) is 10.3. The molecule has 2 aromatic heterocycles. The summed E-state index contributed by atoms with van der Waals surface area (Å²) < 4.78 is 1.90. The maximum atomic E-state index is 4.45. The van der Waals surface area contributed by atoms with Crippen molar-refractivity contribution < 1.29 is 0 Å². The predicted octanol–water partition coefficient (Wildman–Crippen LogP) is 1.15. The third-order valence-electron chi connectivity index (χ3n) is 2.50. The zero-order valence-electron chi connectivity index (χ0n) is 8.44. The highest BCUT2D eigenvalue weighted by atomic mass is 15.4. The quantitative estimate of drug-likeness (QED) is 0.752. The molecular weight excluding hydrogens is 190 g/mol. The zero-order valence-corrected chi connectivity index (χ0v) is 8.44. The van der Waals surface area contributed by atoms with Crippen molar-refractivity contribution >= 4 is 5.69 Å². The molecule has 76 valence electrons. The number of anilines is 1. The second kappa shape index (κ2) is 3.05. The van der Waals surface area contributed by atoms with Crippen molar-refractivity contribution in [3.63, 3.8) is 0 Å². The van der Waals surface area contributed by atoms with E-state index in [0.29, 0.717) is 6.54 Å².